The van der Waals surface area contributed by atoms with Gasteiger partial charge in [-0.15, -0.1) is 0 Å². The summed E-state index contributed by atoms with van der Waals surface area (Å²) >= 11 is 0. The van der Waals surface area contributed by atoms with E-state index < -0.39 is 6.04 Å². The van der Waals surface area contributed by atoms with E-state index >= 15 is 0 Å². The summed E-state index contributed by atoms with van der Waals surface area (Å²) in [6.07, 6.45) is 0.435. The van der Waals surface area contributed by atoms with E-state index in [9.17, 15) is 14.0 Å². The highest BCUT2D eigenvalue weighted by atomic mass is 19.1. The molecule has 220 valence electrons. The number of hydrogen-bond donors (Lipinski definition) is 0. The Kier molecular flexibility index (Phi) is 9.45. The maximum absolute atomic E-state index is 14.0. The SMILES string of the molecule is COc1ccc(C(=O)N(CCN2CCOCC2)CC(=O)N2N=C(c3cccc(OC)c3)CC2c2ccc(F)cc2)cc1. The van der Waals surface area contributed by atoms with Crippen LogP contribution in [-0.4, -0.2) is 92.5 Å². The van der Waals surface area contributed by atoms with Gasteiger partial charge in [0.15, 0.2) is 0 Å². The van der Waals surface area contributed by atoms with Crippen LogP contribution < -0.4 is 9.47 Å². The molecule has 0 aromatic heterocycles. The molecule has 10 heteroatoms. The monoisotopic (exact) mass is 574 g/mol. The summed E-state index contributed by atoms with van der Waals surface area (Å²) in [6.45, 7) is 3.62. The van der Waals surface area contributed by atoms with Crippen molar-refractivity contribution in [3.05, 3.63) is 95.3 Å². The van der Waals surface area contributed by atoms with Crippen molar-refractivity contribution in [1.29, 1.82) is 0 Å². The lowest BCUT2D eigenvalue weighted by Gasteiger charge is -2.31. The van der Waals surface area contributed by atoms with Crippen molar-refractivity contribution in [1.82, 2.24) is 14.8 Å². The minimum absolute atomic E-state index is 0.165. The van der Waals surface area contributed by atoms with Gasteiger partial charge in [-0.25, -0.2) is 9.40 Å². The van der Waals surface area contributed by atoms with Crippen molar-refractivity contribution in [2.24, 2.45) is 5.10 Å². The number of carbonyl (C=O) groups is 2. The molecule has 2 amide bonds. The molecule has 1 saturated heterocycles. The van der Waals surface area contributed by atoms with Gasteiger partial charge in [-0.2, -0.15) is 5.10 Å². The van der Waals surface area contributed by atoms with E-state index in [1.54, 1.807) is 55.5 Å². The maximum Gasteiger partial charge on any atom is 0.262 e. The Labute approximate surface area is 245 Å². The summed E-state index contributed by atoms with van der Waals surface area (Å²) in [4.78, 5) is 31.4. The number of amides is 2. The number of nitrogens with zero attached hydrogens (tertiary/aromatic N) is 4. The van der Waals surface area contributed by atoms with E-state index in [2.05, 4.69) is 4.90 Å². The Bertz CT molecular complexity index is 1410. The Hall–Kier alpha value is -4.28. The van der Waals surface area contributed by atoms with Crippen molar-refractivity contribution < 1.29 is 28.2 Å². The Morgan fingerprint density at radius 1 is 0.976 bits per heavy atom. The first-order valence-electron chi connectivity index (χ1n) is 14.0. The van der Waals surface area contributed by atoms with Crippen molar-refractivity contribution in [2.75, 3.05) is 60.2 Å². The third kappa shape index (κ3) is 6.95. The molecule has 0 N–H and O–H groups in total. The molecule has 0 aliphatic carbocycles. The second-order valence-corrected chi connectivity index (χ2v) is 10.2. The lowest BCUT2D eigenvalue weighted by Crippen LogP contribution is -2.46. The van der Waals surface area contributed by atoms with Crippen LogP contribution in [-0.2, 0) is 9.53 Å². The predicted octanol–water partition coefficient (Wildman–Crippen LogP) is 4.00. The third-order valence-electron chi connectivity index (χ3n) is 7.56. The number of carbonyl (C=O) groups excluding carboxylic acids is 2. The fraction of sp³-hybridized carbons (Fsp3) is 0.344. The number of morpholine rings is 1. The zero-order valence-corrected chi connectivity index (χ0v) is 23.9. The lowest BCUT2D eigenvalue weighted by molar-refractivity contribution is -0.133. The van der Waals surface area contributed by atoms with E-state index in [1.807, 2.05) is 24.3 Å². The molecule has 3 aromatic carbocycles. The quantitative estimate of drug-likeness (QED) is 0.364. The average Bonchev–Trinajstić information content (AvgIpc) is 3.49. The maximum atomic E-state index is 14.0. The first kappa shape index (κ1) is 29.2. The molecular formula is C32H35FN4O5. The summed E-state index contributed by atoms with van der Waals surface area (Å²) in [5, 5.41) is 6.18. The molecule has 3 aromatic rings. The van der Waals surface area contributed by atoms with Gasteiger partial charge >= 0.3 is 0 Å². The fourth-order valence-corrected chi connectivity index (χ4v) is 5.15. The van der Waals surface area contributed by atoms with Crippen LogP contribution >= 0.6 is 0 Å². The van der Waals surface area contributed by atoms with E-state index in [-0.39, 0.29) is 24.2 Å². The van der Waals surface area contributed by atoms with Crippen LogP contribution in [0.25, 0.3) is 0 Å². The first-order valence-corrected chi connectivity index (χ1v) is 14.0. The third-order valence-corrected chi connectivity index (χ3v) is 7.56. The van der Waals surface area contributed by atoms with Gasteiger partial charge < -0.3 is 19.1 Å². The number of rotatable bonds is 10. The predicted molar refractivity (Wildman–Crippen MR) is 156 cm³/mol. The Balaban J connectivity index is 1.41. The van der Waals surface area contributed by atoms with Crippen molar-refractivity contribution >= 4 is 17.5 Å². The molecule has 0 radical (unpaired) electrons. The van der Waals surface area contributed by atoms with E-state index in [0.29, 0.717) is 55.5 Å². The largest absolute Gasteiger partial charge is 0.497 e. The minimum atomic E-state index is -0.448. The molecule has 0 spiro atoms. The molecule has 1 fully saturated rings. The standard InChI is InChI=1S/C32H35FN4O5/c1-40-27-12-8-24(9-13-27)32(39)36(15-14-35-16-18-42-19-17-35)22-31(38)37-30(23-6-10-26(33)11-7-23)21-29(34-37)25-4-3-5-28(20-25)41-2/h3-13,20,30H,14-19,21-22H2,1-2H3. The highest BCUT2D eigenvalue weighted by Crippen LogP contribution is 2.34. The first-order chi connectivity index (χ1) is 20.4. The van der Waals surface area contributed by atoms with Crippen LogP contribution in [0.4, 0.5) is 4.39 Å². The number of ether oxygens (including phenoxy) is 3. The molecule has 5 rings (SSSR count). The Morgan fingerprint density at radius 3 is 2.38 bits per heavy atom. The van der Waals surface area contributed by atoms with E-state index in [1.165, 1.54) is 17.1 Å². The normalized spacial score (nSPS) is 17.1. The van der Waals surface area contributed by atoms with Crippen LogP contribution in [0.5, 0.6) is 11.5 Å². The molecule has 1 unspecified atom stereocenters. The molecule has 2 aliphatic heterocycles. The summed E-state index contributed by atoms with van der Waals surface area (Å²) < 4.78 is 29.9. The summed E-state index contributed by atoms with van der Waals surface area (Å²) in [6, 6.07) is 20.0. The zero-order chi connectivity index (χ0) is 29.5. The number of methoxy groups -OCH3 is 2. The van der Waals surface area contributed by atoms with Crippen molar-refractivity contribution in [3.63, 3.8) is 0 Å². The lowest BCUT2D eigenvalue weighted by atomic mass is 9.98. The van der Waals surface area contributed by atoms with Gasteiger partial charge in [-0.3, -0.25) is 14.5 Å². The number of halogens is 1. The molecule has 0 saturated carbocycles. The van der Waals surface area contributed by atoms with Gasteiger partial charge in [0.2, 0.25) is 0 Å². The second-order valence-electron chi connectivity index (χ2n) is 10.2. The molecule has 9 nitrogen and oxygen atoms in total. The molecule has 2 heterocycles. The van der Waals surface area contributed by atoms with Crippen molar-refractivity contribution in [2.45, 2.75) is 12.5 Å². The number of hydrazone groups is 1. The van der Waals surface area contributed by atoms with Gasteiger partial charge in [0, 0.05) is 43.7 Å². The Morgan fingerprint density at radius 2 is 1.69 bits per heavy atom. The van der Waals surface area contributed by atoms with Crippen LogP contribution in [0.2, 0.25) is 0 Å². The van der Waals surface area contributed by atoms with Gasteiger partial charge in [0.25, 0.3) is 11.8 Å². The minimum Gasteiger partial charge on any atom is -0.497 e. The van der Waals surface area contributed by atoms with E-state index in [0.717, 1.165) is 24.2 Å². The van der Waals surface area contributed by atoms with Gasteiger partial charge in [0.05, 0.1) is 39.2 Å². The highest BCUT2D eigenvalue weighted by molar-refractivity contribution is 6.04. The van der Waals surface area contributed by atoms with Crippen LogP contribution in [0.15, 0.2) is 77.9 Å². The molecular weight excluding hydrogens is 539 g/mol. The molecule has 0 bridgehead atoms. The smallest absolute Gasteiger partial charge is 0.262 e. The van der Waals surface area contributed by atoms with Crippen LogP contribution in [0, 0.1) is 5.82 Å². The van der Waals surface area contributed by atoms with Crippen LogP contribution in [0.3, 0.4) is 0 Å². The summed E-state index contributed by atoms with van der Waals surface area (Å²) in [5.74, 6) is 0.376. The highest BCUT2D eigenvalue weighted by Gasteiger charge is 2.35. The van der Waals surface area contributed by atoms with Gasteiger partial charge in [0.1, 0.15) is 23.9 Å². The fourth-order valence-electron chi connectivity index (χ4n) is 5.15. The average molecular weight is 575 g/mol. The van der Waals surface area contributed by atoms with Crippen LogP contribution in [0.1, 0.15) is 33.9 Å². The van der Waals surface area contributed by atoms with E-state index in [4.69, 9.17) is 19.3 Å². The number of benzene rings is 3. The topological polar surface area (TPSA) is 83.9 Å². The molecule has 1 atom stereocenters. The zero-order valence-electron chi connectivity index (χ0n) is 23.9. The van der Waals surface area contributed by atoms with Gasteiger partial charge in [-0.1, -0.05) is 24.3 Å². The van der Waals surface area contributed by atoms with Crippen molar-refractivity contribution in [3.8, 4) is 11.5 Å². The molecule has 42 heavy (non-hydrogen) atoms. The van der Waals surface area contributed by atoms with Gasteiger partial charge in [-0.05, 0) is 54.1 Å². The number of hydrogen-bond acceptors (Lipinski definition) is 7. The second kappa shape index (κ2) is 13.6. The summed E-state index contributed by atoms with van der Waals surface area (Å²) in [7, 11) is 3.16. The molecule has 2 aliphatic rings. The summed E-state index contributed by atoms with van der Waals surface area (Å²) in [5.41, 5.74) is 2.75.